The first-order valence-electron chi connectivity index (χ1n) is 9.35. The molecule has 0 aromatic carbocycles. The lowest BCUT2D eigenvalue weighted by molar-refractivity contribution is -0.137. The van der Waals surface area contributed by atoms with Crippen molar-refractivity contribution in [3.05, 3.63) is 17.7 Å². The lowest BCUT2D eigenvalue weighted by atomic mass is 9.79. The first-order chi connectivity index (χ1) is 12.0. The molecule has 0 bridgehead atoms. The van der Waals surface area contributed by atoms with Gasteiger partial charge in [-0.25, -0.2) is 4.98 Å². The number of nitrogens with one attached hydrogen (secondary N) is 1. The van der Waals surface area contributed by atoms with E-state index in [0.29, 0.717) is 17.7 Å². The predicted octanol–water partition coefficient (Wildman–Crippen LogP) is 2.89. The Kier molecular flexibility index (Phi) is 9.56. The molecule has 1 aromatic rings. The molecule has 9 heteroatoms. The Labute approximate surface area is 172 Å². The SMILES string of the molecule is Cl.Cl.NC(=O)c1nc([C@H]2CC[C@H](CCC(=O)O)CC2)cn1C1CCNCC1. The number of piperidine rings is 1. The van der Waals surface area contributed by atoms with Crippen molar-refractivity contribution in [3.8, 4) is 0 Å². The van der Waals surface area contributed by atoms with Crippen LogP contribution in [0.25, 0.3) is 0 Å². The zero-order valence-corrected chi connectivity index (χ0v) is 17.1. The van der Waals surface area contributed by atoms with Crippen LogP contribution in [0.1, 0.15) is 79.6 Å². The molecule has 0 atom stereocenters. The van der Waals surface area contributed by atoms with Crippen LogP contribution in [0.2, 0.25) is 0 Å². The number of amides is 1. The number of nitrogens with zero attached hydrogens (tertiary/aromatic N) is 2. The molecule has 1 aliphatic heterocycles. The van der Waals surface area contributed by atoms with Gasteiger partial charge in [-0.3, -0.25) is 9.59 Å². The lowest BCUT2D eigenvalue weighted by Gasteiger charge is -2.27. The average Bonchev–Trinajstić information content (AvgIpc) is 3.07. The number of carbonyl (C=O) groups excluding carboxylic acids is 1. The lowest BCUT2D eigenvalue weighted by Crippen LogP contribution is -2.31. The first-order valence-corrected chi connectivity index (χ1v) is 9.35. The monoisotopic (exact) mass is 420 g/mol. The molecule has 0 spiro atoms. The van der Waals surface area contributed by atoms with Gasteiger partial charge < -0.3 is 20.7 Å². The number of imidazole rings is 1. The third-order valence-corrected chi connectivity index (χ3v) is 5.70. The minimum atomic E-state index is -0.714. The van der Waals surface area contributed by atoms with E-state index in [0.717, 1.165) is 63.7 Å². The van der Waals surface area contributed by atoms with Gasteiger partial charge in [0.05, 0.1) is 5.69 Å². The number of aliphatic carboxylic acids is 1. The average molecular weight is 421 g/mol. The van der Waals surface area contributed by atoms with Crippen LogP contribution >= 0.6 is 24.8 Å². The van der Waals surface area contributed by atoms with Gasteiger partial charge in [0, 0.05) is 24.6 Å². The first kappa shape index (κ1) is 23.7. The largest absolute Gasteiger partial charge is 0.481 e. The van der Waals surface area contributed by atoms with E-state index in [-0.39, 0.29) is 37.3 Å². The standard InChI is InChI=1S/C18H28N4O3.2ClH/c19-17(25)18-21-15(11-22(18)14-7-9-20-10-8-14)13-4-1-12(2-5-13)3-6-16(23)24;;/h11-14,20H,1-10H2,(H2,19,25)(H,23,24);2*1H/t12-,13-;;. The highest BCUT2D eigenvalue weighted by molar-refractivity contribution is 5.89. The van der Waals surface area contributed by atoms with Gasteiger partial charge >= 0.3 is 5.97 Å². The summed E-state index contributed by atoms with van der Waals surface area (Å²) >= 11 is 0. The van der Waals surface area contributed by atoms with E-state index in [1.165, 1.54) is 0 Å². The van der Waals surface area contributed by atoms with E-state index in [9.17, 15) is 9.59 Å². The van der Waals surface area contributed by atoms with E-state index in [4.69, 9.17) is 10.8 Å². The van der Waals surface area contributed by atoms with E-state index in [1.807, 2.05) is 10.8 Å². The van der Waals surface area contributed by atoms with Crippen LogP contribution in [0.15, 0.2) is 6.20 Å². The van der Waals surface area contributed by atoms with E-state index in [1.54, 1.807) is 0 Å². The number of carbonyl (C=O) groups is 2. The molecule has 7 nitrogen and oxygen atoms in total. The molecule has 2 fully saturated rings. The third-order valence-electron chi connectivity index (χ3n) is 5.70. The third kappa shape index (κ3) is 6.09. The molecule has 27 heavy (non-hydrogen) atoms. The molecule has 4 N–H and O–H groups in total. The Balaban J connectivity index is 0.00000182. The summed E-state index contributed by atoms with van der Waals surface area (Å²) in [6.07, 6.45) is 9.10. The number of halogens is 2. The highest BCUT2D eigenvalue weighted by Gasteiger charge is 2.28. The fraction of sp³-hybridized carbons (Fsp3) is 0.722. The van der Waals surface area contributed by atoms with Crippen molar-refractivity contribution in [3.63, 3.8) is 0 Å². The summed E-state index contributed by atoms with van der Waals surface area (Å²) in [4.78, 5) is 27.1. The molecular weight excluding hydrogens is 391 g/mol. The number of nitrogens with two attached hydrogens (primary N) is 1. The number of aromatic nitrogens is 2. The van der Waals surface area contributed by atoms with Crippen molar-refractivity contribution in [2.75, 3.05) is 13.1 Å². The molecule has 3 rings (SSSR count). The summed E-state index contributed by atoms with van der Waals surface area (Å²) in [6, 6.07) is 0.289. The summed E-state index contributed by atoms with van der Waals surface area (Å²) in [7, 11) is 0. The number of hydrogen-bond donors (Lipinski definition) is 3. The van der Waals surface area contributed by atoms with Gasteiger partial charge in [0.15, 0.2) is 5.82 Å². The fourth-order valence-corrected chi connectivity index (χ4v) is 4.23. The van der Waals surface area contributed by atoms with Crippen LogP contribution in [0.3, 0.4) is 0 Å². The van der Waals surface area contributed by atoms with E-state index in [2.05, 4.69) is 10.3 Å². The van der Waals surface area contributed by atoms with Gasteiger partial charge in [0.25, 0.3) is 5.91 Å². The maximum absolute atomic E-state index is 11.8. The molecule has 2 heterocycles. The van der Waals surface area contributed by atoms with Crippen molar-refractivity contribution >= 4 is 36.7 Å². The van der Waals surface area contributed by atoms with Crippen molar-refractivity contribution in [1.82, 2.24) is 14.9 Å². The van der Waals surface area contributed by atoms with E-state index >= 15 is 0 Å². The smallest absolute Gasteiger partial charge is 0.303 e. The second kappa shape index (κ2) is 10.9. The molecule has 0 unspecified atom stereocenters. The summed E-state index contributed by atoms with van der Waals surface area (Å²) < 4.78 is 2.00. The summed E-state index contributed by atoms with van der Waals surface area (Å²) in [6.45, 7) is 1.90. The van der Waals surface area contributed by atoms with Crippen LogP contribution in [-0.2, 0) is 4.79 Å². The summed E-state index contributed by atoms with van der Waals surface area (Å²) in [5.41, 5.74) is 6.54. The fourth-order valence-electron chi connectivity index (χ4n) is 4.23. The van der Waals surface area contributed by atoms with E-state index < -0.39 is 11.9 Å². The topological polar surface area (TPSA) is 110 Å². The van der Waals surface area contributed by atoms with Crippen LogP contribution < -0.4 is 11.1 Å². The van der Waals surface area contributed by atoms with Crippen LogP contribution in [0.5, 0.6) is 0 Å². The Bertz CT molecular complexity index is 624. The molecule has 1 saturated carbocycles. The normalized spacial score (nSPS) is 23.1. The predicted molar refractivity (Wildman–Crippen MR) is 108 cm³/mol. The number of carboxylic acids is 1. The molecule has 1 aromatic heterocycles. The van der Waals surface area contributed by atoms with Gasteiger partial charge in [-0.15, -0.1) is 24.8 Å². The number of hydrogen-bond acceptors (Lipinski definition) is 4. The Morgan fingerprint density at radius 1 is 1.15 bits per heavy atom. The highest BCUT2D eigenvalue weighted by Crippen LogP contribution is 2.37. The maximum atomic E-state index is 11.8. The van der Waals surface area contributed by atoms with Gasteiger partial charge in [0.2, 0.25) is 0 Å². The molecule has 1 saturated heterocycles. The molecule has 0 radical (unpaired) electrons. The second-order valence-corrected chi connectivity index (χ2v) is 7.39. The highest BCUT2D eigenvalue weighted by atomic mass is 35.5. The van der Waals surface area contributed by atoms with Gasteiger partial charge in [-0.1, -0.05) is 0 Å². The zero-order valence-electron chi connectivity index (χ0n) is 15.4. The number of carboxylic acid groups (broad SMARTS) is 1. The maximum Gasteiger partial charge on any atom is 0.303 e. The van der Waals surface area contributed by atoms with Crippen LogP contribution in [0.4, 0.5) is 0 Å². The van der Waals surface area contributed by atoms with Crippen LogP contribution in [-0.4, -0.2) is 39.6 Å². The molecule has 1 amide bonds. The van der Waals surface area contributed by atoms with Gasteiger partial charge in [-0.05, 0) is 64.0 Å². The van der Waals surface area contributed by atoms with Gasteiger partial charge in [0.1, 0.15) is 0 Å². The number of rotatable bonds is 6. The molecule has 1 aliphatic carbocycles. The molecular formula is C18H30Cl2N4O3. The minimum Gasteiger partial charge on any atom is -0.481 e. The summed E-state index contributed by atoms with van der Waals surface area (Å²) in [5.74, 6) is 0.0559. The number of primary amides is 1. The van der Waals surface area contributed by atoms with Crippen molar-refractivity contribution in [2.45, 2.75) is 63.3 Å². The van der Waals surface area contributed by atoms with Crippen LogP contribution in [0, 0.1) is 5.92 Å². The Morgan fingerprint density at radius 3 is 2.33 bits per heavy atom. The summed E-state index contributed by atoms with van der Waals surface area (Å²) in [5, 5.41) is 12.2. The Hall–Kier alpha value is -1.31. The van der Waals surface area contributed by atoms with Gasteiger partial charge in [-0.2, -0.15) is 0 Å². The Morgan fingerprint density at radius 2 is 1.78 bits per heavy atom. The van der Waals surface area contributed by atoms with Crippen molar-refractivity contribution < 1.29 is 14.7 Å². The van der Waals surface area contributed by atoms with Crippen molar-refractivity contribution in [1.29, 1.82) is 0 Å². The second-order valence-electron chi connectivity index (χ2n) is 7.39. The quantitative estimate of drug-likeness (QED) is 0.654. The molecule has 2 aliphatic rings. The van der Waals surface area contributed by atoms with Crippen molar-refractivity contribution in [2.24, 2.45) is 11.7 Å². The molecule has 154 valence electrons. The minimum absolute atomic E-state index is 0. The zero-order chi connectivity index (χ0) is 17.8.